The van der Waals surface area contributed by atoms with E-state index in [1.54, 1.807) is 41.8 Å². The summed E-state index contributed by atoms with van der Waals surface area (Å²) in [6, 6.07) is 10.7. The Balaban J connectivity index is 1.56. The Labute approximate surface area is 150 Å². The Morgan fingerprint density at radius 1 is 1.08 bits per heavy atom. The quantitative estimate of drug-likeness (QED) is 0.529. The SMILES string of the molecule is O=C(COC(=O)c1cc(=O)c2ccccc2o1)NNC(=O)c1cccs1. The third-order valence-electron chi connectivity index (χ3n) is 3.23. The van der Waals surface area contributed by atoms with Crippen molar-refractivity contribution in [1.82, 2.24) is 10.9 Å². The van der Waals surface area contributed by atoms with Gasteiger partial charge in [0.25, 0.3) is 11.8 Å². The zero-order chi connectivity index (χ0) is 18.5. The molecule has 0 aliphatic heterocycles. The van der Waals surface area contributed by atoms with E-state index in [4.69, 9.17) is 9.15 Å². The highest BCUT2D eigenvalue weighted by Crippen LogP contribution is 2.12. The van der Waals surface area contributed by atoms with Crippen LogP contribution in [0.2, 0.25) is 0 Å². The van der Waals surface area contributed by atoms with Crippen LogP contribution in [0.25, 0.3) is 11.0 Å². The van der Waals surface area contributed by atoms with Crippen molar-refractivity contribution in [3.8, 4) is 0 Å². The summed E-state index contributed by atoms with van der Waals surface area (Å²) in [6.45, 7) is -0.653. The Morgan fingerprint density at radius 3 is 2.65 bits per heavy atom. The lowest BCUT2D eigenvalue weighted by Gasteiger charge is -2.07. The predicted molar refractivity (Wildman–Crippen MR) is 92.7 cm³/mol. The van der Waals surface area contributed by atoms with Gasteiger partial charge in [0.05, 0.1) is 10.3 Å². The highest BCUT2D eigenvalue weighted by atomic mass is 32.1. The van der Waals surface area contributed by atoms with Crippen molar-refractivity contribution < 1.29 is 23.5 Å². The van der Waals surface area contributed by atoms with Crippen molar-refractivity contribution in [1.29, 1.82) is 0 Å². The molecule has 0 saturated carbocycles. The Bertz CT molecular complexity index is 1030. The number of ether oxygens (including phenoxy) is 1. The second kappa shape index (κ2) is 7.62. The van der Waals surface area contributed by atoms with Gasteiger partial charge in [-0.1, -0.05) is 18.2 Å². The van der Waals surface area contributed by atoms with Crippen molar-refractivity contribution in [2.24, 2.45) is 0 Å². The van der Waals surface area contributed by atoms with Crippen LogP contribution in [0.5, 0.6) is 0 Å². The predicted octanol–water partition coefficient (Wildman–Crippen LogP) is 1.47. The molecule has 0 radical (unpaired) electrons. The minimum atomic E-state index is -0.965. The molecule has 0 fully saturated rings. The highest BCUT2D eigenvalue weighted by Gasteiger charge is 2.16. The third kappa shape index (κ3) is 3.95. The van der Waals surface area contributed by atoms with E-state index in [-0.39, 0.29) is 11.3 Å². The maximum absolute atomic E-state index is 11.9. The summed E-state index contributed by atoms with van der Waals surface area (Å²) >= 11 is 1.21. The molecule has 0 bridgehead atoms. The van der Waals surface area contributed by atoms with Crippen LogP contribution in [0.4, 0.5) is 0 Å². The monoisotopic (exact) mass is 372 g/mol. The fraction of sp³-hybridized carbons (Fsp3) is 0.0588. The van der Waals surface area contributed by atoms with Gasteiger partial charge in [0.1, 0.15) is 5.58 Å². The summed E-state index contributed by atoms with van der Waals surface area (Å²) in [6.07, 6.45) is 0. The molecule has 1 aromatic carbocycles. The van der Waals surface area contributed by atoms with Crippen molar-refractivity contribution in [2.45, 2.75) is 0 Å². The van der Waals surface area contributed by atoms with E-state index >= 15 is 0 Å². The van der Waals surface area contributed by atoms with Gasteiger partial charge in [0.15, 0.2) is 12.0 Å². The molecule has 0 atom stereocenters. The number of carbonyl (C=O) groups excluding carboxylic acids is 3. The summed E-state index contributed by atoms with van der Waals surface area (Å²) in [5, 5.41) is 2.05. The number of fused-ring (bicyclic) bond motifs is 1. The van der Waals surface area contributed by atoms with Gasteiger partial charge in [0, 0.05) is 6.07 Å². The first kappa shape index (κ1) is 17.4. The summed E-state index contributed by atoms with van der Waals surface area (Å²) in [5.74, 6) is -2.51. The number of benzene rings is 1. The van der Waals surface area contributed by atoms with Crippen LogP contribution in [0.3, 0.4) is 0 Å². The first-order valence-electron chi connectivity index (χ1n) is 7.37. The molecule has 2 N–H and O–H groups in total. The molecule has 132 valence electrons. The Hall–Kier alpha value is -3.46. The third-order valence-corrected chi connectivity index (χ3v) is 4.10. The van der Waals surface area contributed by atoms with Crippen LogP contribution in [0, 0.1) is 0 Å². The number of carbonyl (C=O) groups is 3. The second-order valence-electron chi connectivity index (χ2n) is 5.03. The molecule has 9 heteroatoms. The fourth-order valence-corrected chi connectivity index (χ4v) is 2.66. The van der Waals surface area contributed by atoms with E-state index in [0.717, 1.165) is 6.07 Å². The number of hydrogen-bond acceptors (Lipinski definition) is 7. The van der Waals surface area contributed by atoms with E-state index in [9.17, 15) is 19.2 Å². The number of thiophene rings is 1. The van der Waals surface area contributed by atoms with Crippen LogP contribution in [0.15, 0.2) is 57.1 Å². The lowest BCUT2D eigenvalue weighted by Crippen LogP contribution is -2.43. The van der Waals surface area contributed by atoms with Crippen molar-refractivity contribution >= 4 is 40.1 Å². The second-order valence-corrected chi connectivity index (χ2v) is 5.97. The molecule has 26 heavy (non-hydrogen) atoms. The van der Waals surface area contributed by atoms with Crippen LogP contribution in [-0.2, 0) is 9.53 Å². The summed E-state index contributed by atoms with van der Waals surface area (Å²) in [4.78, 5) is 47.6. The molecule has 2 amide bonds. The summed E-state index contributed by atoms with van der Waals surface area (Å²) in [7, 11) is 0. The molecule has 0 aliphatic carbocycles. The van der Waals surface area contributed by atoms with Crippen molar-refractivity contribution in [2.75, 3.05) is 6.61 Å². The molecule has 3 rings (SSSR count). The number of nitrogens with one attached hydrogen (secondary N) is 2. The first-order chi connectivity index (χ1) is 12.5. The van der Waals surface area contributed by atoms with Gasteiger partial charge in [0.2, 0.25) is 5.76 Å². The molecule has 8 nitrogen and oxygen atoms in total. The van der Waals surface area contributed by atoms with Crippen molar-refractivity contribution in [3.05, 3.63) is 68.7 Å². The van der Waals surface area contributed by atoms with E-state index in [1.165, 1.54) is 11.3 Å². The molecule has 3 aromatic rings. The van der Waals surface area contributed by atoms with Crippen LogP contribution in [0.1, 0.15) is 20.2 Å². The highest BCUT2D eigenvalue weighted by molar-refractivity contribution is 7.12. The maximum atomic E-state index is 11.9. The van der Waals surface area contributed by atoms with Gasteiger partial charge in [-0.15, -0.1) is 11.3 Å². The molecule has 0 spiro atoms. The molecular weight excluding hydrogens is 360 g/mol. The molecule has 2 heterocycles. The van der Waals surface area contributed by atoms with Crippen LogP contribution >= 0.6 is 11.3 Å². The largest absolute Gasteiger partial charge is 0.450 e. The number of hydrazine groups is 1. The fourth-order valence-electron chi connectivity index (χ4n) is 2.04. The van der Waals surface area contributed by atoms with Crippen LogP contribution in [-0.4, -0.2) is 24.4 Å². The van der Waals surface area contributed by atoms with Crippen LogP contribution < -0.4 is 16.3 Å². The number of para-hydroxylation sites is 1. The normalized spacial score (nSPS) is 10.3. The van der Waals surface area contributed by atoms with E-state index in [1.807, 2.05) is 0 Å². The number of hydrogen-bond donors (Lipinski definition) is 2. The number of amides is 2. The van der Waals surface area contributed by atoms with Gasteiger partial charge >= 0.3 is 5.97 Å². The first-order valence-corrected chi connectivity index (χ1v) is 8.25. The Kier molecular flexibility index (Phi) is 5.09. The lowest BCUT2D eigenvalue weighted by atomic mass is 10.2. The summed E-state index contributed by atoms with van der Waals surface area (Å²) < 4.78 is 10.1. The van der Waals surface area contributed by atoms with Gasteiger partial charge < -0.3 is 9.15 Å². The number of rotatable bonds is 4. The van der Waals surface area contributed by atoms with E-state index in [2.05, 4.69) is 10.9 Å². The van der Waals surface area contributed by atoms with Gasteiger partial charge in [-0.05, 0) is 23.6 Å². The minimum Gasteiger partial charge on any atom is -0.450 e. The molecule has 0 saturated heterocycles. The molecule has 0 aliphatic rings. The van der Waals surface area contributed by atoms with E-state index < -0.39 is 29.8 Å². The number of esters is 1. The summed E-state index contributed by atoms with van der Waals surface area (Å²) in [5.41, 5.74) is 4.14. The molecule has 2 aromatic heterocycles. The average molecular weight is 372 g/mol. The standard InChI is InChI=1S/C17H12N2O6S/c20-11-8-13(25-12-5-2-1-4-10(11)12)17(23)24-9-15(21)18-19-16(22)14-6-3-7-26-14/h1-8H,9H2,(H,18,21)(H,19,22). The maximum Gasteiger partial charge on any atom is 0.374 e. The lowest BCUT2D eigenvalue weighted by molar-refractivity contribution is -0.125. The van der Waals surface area contributed by atoms with Gasteiger partial charge in [-0.2, -0.15) is 0 Å². The van der Waals surface area contributed by atoms with Gasteiger partial charge in [-0.25, -0.2) is 4.79 Å². The average Bonchev–Trinajstić information content (AvgIpc) is 3.19. The zero-order valence-corrected chi connectivity index (χ0v) is 14.0. The van der Waals surface area contributed by atoms with Gasteiger partial charge in [-0.3, -0.25) is 25.2 Å². The Morgan fingerprint density at radius 2 is 1.88 bits per heavy atom. The minimum absolute atomic E-state index is 0.236. The van der Waals surface area contributed by atoms with Crippen molar-refractivity contribution in [3.63, 3.8) is 0 Å². The van der Waals surface area contributed by atoms with E-state index in [0.29, 0.717) is 10.3 Å². The molecular formula is C17H12N2O6S. The smallest absolute Gasteiger partial charge is 0.374 e. The zero-order valence-electron chi connectivity index (χ0n) is 13.2. The topological polar surface area (TPSA) is 115 Å². The molecule has 0 unspecified atom stereocenters.